The first-order valence-electron chi connectivity index (χ1n) is 8.30. The van der Waals surface area contributed by atoms with Gasteiger partial charge in [-0.05, 0) is 30.9 Å². The summed E-state index contributed by atoms with van der Waals surface area (Å²) in [6.07, 6.45) is 4.18. The van der Waals surface area contributed by atoms with Crippen LogP contribution in [0.4, 0.5) is 0 Å². The number of likely N-dealkylation sites (tertiary alicyclic amines) is 1. The summed E-state index contributed by atoms with van der Waals surface area (Å²) in [7, 11) is 1.74. The Morgan fingerprint density at radius 3 is 2.78 bits per heavy atom. The number of methoxy groups -OCH3 is 1. The highest BCUT2D eigenvalue weighted by Crippen LogP contribution is 2.36. The van der Waals surface area contributed by atoms with Crippen LogP contribution in [0, 0.1) is 0 Å². The molecule has 4 nitrogen and oxygen atoms in total. The first-order valence-corrected chi connectivity index (χ1v) is 8.68. The number of halogens is 1. The first-order chi connectivity index (χ1) is 11.1. The molecule has 5 heteroatoms. The van der Waals surface area contributed by atoms with Crippen LogP contribution in [-0.2, 0) is 20.7 Å². The van der Waals surface area contributed by atoms with E-state index in [1.54, 1.807) is 7.11 Å². The molecule has 0 saturated carbocycles. The maximum Gasteiger partial charge on any atom is 0.222 e. The van der Waals surface area contributed by atoms with Crippen molar-refractivity contribution in [2.24, 2.45) is 0 Å². The fourth-order valence-electron chi connectivity index (χ4n) is 3.57. The van der Waals surface area contributed by atoms with Gasteiger partial charge in [0, 0.05) is 38.1 Å². The molecule has 0 N–H and O–H groups in total. The lowest BCUT2D eigenvalue weighted by Crippen LogP contribution is -2.46. The second kappa shape index (κ2) is 7.20. The van der Waals surface area contributed by atoms with E-state index in [0.717, 1.165) is 42.9 Å². The smallest absolute Gasteiger partial charge is 0.222 e. The van der Waals surface area contributed by atoms with Gasteiger partial charge in [0.15, 0.2) is 0 Å². The fraction of sp³-hybridized carbons (Fsp3) is 0.611. The second-order valence-corrected chi connectivity index (χ2v) is 6.94. The number of carbonyl (C=O) groups excluding carboxylic acids is 1. The molecule has 3 rings (SSSR count). The van der Waals surface area contributed by atoms with Crippen molar-refractivity contribution in [1.29, 1.82) is 0 Å². The molecule has 23 heavy (non-hydrogen) atoms. The first kappa shape index (κ1) is 16.7. The summed E-state index contributed by atoms with van der Waals surface area (Å²) in [5.41, 5.74) is 0.971. The number of ether oxygens (including phenoxy) is 2. The second-order valence-electron chi connectivity index (χ2n) is 6.53. The van der Waals surface area contributed by atoms with E-state index in [-0.39, 0.29) is 17.6 Å². The maximum absolute atomic E-state index is 12.4. The van der Waals surface area contributed by atoms with Crippen molar-refractivity contribution in [2.45, 2.75) is 43.8 Å². The highest BCUT2D eigenvalue weighted by atomic mass is 35.5. The van der Waals surface area contributed by atoms with Gasteiger partial charge in [-0.2, -0.15) is 0 Å². The van der Waals surface area contributed by atoms with Crippen LogP contribution in [-0.4, -0.2) is 49.3 Å². The molecule has 0 unspecified atom stereocenters. The van der Waals surface area contributed by atoms with Gasteiger partial charge in [0.2, 0.25) is 5.91 Å². The summed E-state index contributed by atoms with van der Waals surface area (Å²) in [5, 5.41) is 0.739. The predicted octanol–water partition coefficient (Wildman–Crippen LogP) is 3.07. The topological polar surface area (TPSA) is 38.8 Å². The Kier molecular flexibility index (Phi) is 5.24. The zero-order valence-electron chi connectivity index (χ0n) is 13.6. The number of rotatable bonds is 4. The van der Waals surface area contributed by atoms with Crippen molar-refractivity contribution in [3.63, 3.8) is 0 Å². The molecule has 2 saturated heterocycles. The van der Waals surface area contributed by atoms with Crippen molar-refractivity contribution in [2.75, 3.05) is 26.8 Å². The number of amides is 1. The van der Waals surface area contributed by atoms with Crippen molar-refractivity contribution >= 4 is 17.5 Å². The van der Waals surface area contributed by atoms with E-state index in [4.69, 9.17) is 21.1 Å². The number of hydrogen-bond acceptors (Lipinski definition) is 3. The third kappa shape index (κ3) is 3.87. The summed E-state index contributed by atoms with van der Waals surface area (Å²) in [6, 6.07) is 7.72. The normalized spacial score (nSPS) is 23.4. The molecule has 126 valence electrons. The van der Waals surface area contributed by atoms with Crippen LogP contribution in [0.25, 0.3) is 0 Å². The van der Waals surface area contributed by atoms with E-state index in [2.05, 4.69) is 0 Å². The molecular weight excluding hydrogens is 314 g/mol. The van der Waals surface area contributed by atoms with Gasteiger partial charge in [-0.25, -0.2) is 0 Å². The largest absolute Gasteiger partial charge is 0.379 e. The van der Waals surface area contributed by atoms with Crippen LogP contribution in [0.5, 0.6) is 0 Å². The van der Waals surface area contributed by atoms with Gasteiger partial charge in [0.05, 0.1) is 18.3 Å². The molecule has 0 bridgehead atoms. The quantitative estimate of drug-likeness (QED) is 0.847. The monoisotopic (exact) mass is 337 g/mol. The third-order valence-corrected chi connectivity index (χ3v) is 5.47. The molecule has 0 aliphatic carbocycles. The molecule has 2 aliphatic rings. The lowest BCUT2D eigenvalue weighted by Gasteiger charge is -2.38. The summed E-state index contributed by atoms with van der Waals surface area (Å²) in [4.78, 5) is 14.4. The maximum atomic E-state index is 12.4. The minimum Gasteiger partial charge on any atom is -0.379 e. The Bertz CT molecular complexity index is 555. The van der Waals surface area contributed by atoms with Gasteiger partial charge in [-0.3, -0.25) is 4.79 Å². The average molecular weight is 338 g/mol. The van der Waals surface area contributed by atoms with Gasteiger partial charge in [0.25, 0.3) is 0 Å². The van der Waals surface area contributed by atoms with Gasteiger partial charge in [-0.1, -0.05) is 29.8 Å². The molecule has 1 aromatic rings. The molecule has 1 spiro atoms. The van der Waals surface area contributed by atoms with Crippen molar-refractivity contribution in [1.82, 2.24) is 4.90 Å². The zero-order valence-corrected chi connectivity index (χ0v) is 14.3. The van der Waals surface area contributed by atoms with Crippen LogP contribution in [0.1, 0.15) is 31.2 Å². The van der Waals surface area contributed by atoms with E-state index >= 15 is 0 Å². The Balaban J connectivity index is 1.48. The molecule has 0 radical (unpaired) electrons. The Morgan fingerprint density at radius 1 is 1.39 bits per heavy atom. The third-order valence-electron chi connectivity index (χ3n) is 5.10. The lowest BCUT2D eigenvalue weighted by molar-refractivity contribution is -0.135. The van der Waals surface area contributed by atoms with E-state index in [9.17, 15) is 4.79 Å². The number of piperidine rings is 1. The van der Waals surface area contributed by atoms with Crippen LogP contribution < -0.4 is 0 Å². The lowest BCUT2D eigenvalue weighted by atomic mass is 9.88. The van der Waals surface area contributed by atoms with Gasteiger partial charge < -0.3 is 14.4 Å². The van der Waals surface area contributed by atoms with Crippen LogP contribution in [0.2, 0.25) is 5.02 Å². The summed E-state index contributed by atoms with van der Waals surface area (Å²) in [5.74, 6) is 0.209. The predicted molar refractivity (Wildman–Crippen MR) is 89.7 cm³/mol. The molecule has 1 aromatic carbocycles. The van der Waals surface area contributed by atoms with E-state index in [1.165, 1.54) is 0 Å². The molecule has 1 atom stereocenters. The number of carbonyl (C=O) groups is 1. The van der Waals surface area contributed by atoms with Crippen molar-refractivity contribution < 1.29 is 14.3 Å². The Labute approximate surface area is 142 Å². The van der Waals surface area contributed by atoms with Crippen LogP contribution >= 0.6 is 11.6 Å². The summed E-state index contributed by atoms with van der Waals surface area (Å²) >= 11 is 6.15. The van der Waals surface area contributed by atoms with E-state index < -0.39 is 0 Å². The molecule has 2 fully saturated rings. The number of benzene rings is 1. The minimum absolute atomic E-state index is 0.0693. The molecule has 2 heterocycles. The molecule has 2 aliphatic heterocycles. The van der Waals surface area contributed by atoms with Crippen molar-refractivity contribution in [3.8, 4) is 0 Å². The van der Waals surface area contributed by atoms with Gasteiger partial charge >= 0.3 is 0 Å². The van der Waals surface area contributed by atoms with Gasteiger partial charge in [0.1, 0.15) is 0 Å². The average Bonchev–Trinajstić information content (AvgIpc) is 2.97. The zero-order chi connectivity index (χ0) is 16.3. The van der Waals surface area contributed by atoms with E-state index in [0.29, 0.717) is 19.4 Å². The fourth-order valence-corrected chi connectivity index (χ4v) is 3.80. The summed E-state index contributed by atoms with van der Waals surface area (Å²) in [6.45, 7) is 2.23. The summed E-state index contributed by atoms with van der Waals surface area (Å²) < 4.78 is 11.4. The van der Waals surface area contributed by atoms with Crippen molar-refractivity contribution in [3.05, 3.63) is 34.9 Å². The Hall–Kier alpha value is -1.10. The number of aryl methyl sites for hydroxylation is 1. The highest BCUT2D eigenvalue weighted by Gasteiger charge is 2.43. The Morgan fingerprint density at radius 2 is 2.13 bits per heavy atom. The molecule has 0 aromatic heterocycles. The van der Waals surface area contributed by atoms with E-state index in [1.807, 2.05) is 29.2 Å². The highest BCUT2D eigenvalue weighted by molar-refractivity contribution is 6.31. The number of nitrogens with zero attached hydrogens (tertiary/aromatic N) is 1. The molecule has 1 amide bonds. The van der Waals surface area contributed by atoms with Gasteiger partial charge in [-0.15, -0.1) is 0 Å². The number of hydrogen-bond donors (Lipinski definition) is 0. The van der Waals surface area contributed by atoms with Crippen LogP contribution in [0.15, 0.2) is 24.3 Å². The molecular formula is C18H24ClNO3. The SMILES string of the molecule is CO[C@H]1COC2(CCN(C(=O)CCc3ccccc3Cl)CC2)C1. The van der Waals surface area contributed by atoms with Crippen LogP contribution in [0.3, 0.4) is 0 Å². The standard InChI is InChI=1S/C18H24ClNO3/c1-22-15-12-18(23-13-15)8-10-20(11-9-18)17(21)7-6-14-4-2-3-5-16(14)19/h2-5,15H,6-13H2,1H3/t15-/m1/s1. The minimum atomic E-state index is -0.0693.